The molecule has 6 rings (SSSR count). The zero-order valence-electron chi connectivity index (χ0n) is 40.9. The molecular weight excluding hydrogens is 879 g/mol. The van der Waals surface area contributed by atoms with Gasteiger partial charge in [-0.05, 0) is 118 Å². The van der Waals surface area contributed by atoms with E-state index in [1.54, 1.807) is 55.5 Å². The van der Waals surface area contributed by atoms with Gasteiger partial charge in [0.15, 0.2) is 11.6 Å². The maximum atomic E-state index is 13.0. The maximum absolute atomic E-state index is 13.0. The van der Waals surface area contributed by atoms with Gasteiger partial charge >= 0.3 is 6.09 Å². The number of imide groups is 1. The highest BCUT2D eigenvalue weighted by molar-refractivity contribution is 6.45. The molecular formula is C53H65N7O9. The number of Topliss-reactive ketones (excluding diaryl/α,β-unsaturated/α-hetero) is 1. The molecule has 69 heavy (non-hydrogen) atoms. The van der Waals surface area contributed by atoms with Crippen molar-refractivity contribution in [2.45, 2.75) is 105 Å². The molecule has 1 fully saturated rings. The molecule has 366 valence electrons. The molecule has 1 unspecified atom stereocenters. The van der Waals surface area contributed by atoms with E-state index in [2.05, 4.69) is 46.3 Å². The Labute approximate surface area is 404 Å². The minimum atomic E-state index is -0.720. The molecule has 0 spiro atoms. The largest absolute Gasteiger partial charge is 0.508 e. The van der Waals surface area contributed by atoms with E-state index in [1.165, 1.54) is 42.7 Å². The lowest BCUT2D eigenvalue weighted by Crippen LogP contribution is -2.52. The van der Waals surface area contributed by atoms with Crippen LogP contribution < -0.4 is 30.5 Å². The lowest BCUT2D eigenvalue weighted by Gasteiger charge is -2.29. The van der Waals surface area contributed by atoms with Crippen LogP contribution in [0.15, 0.2) is 84.4 Å². The minimum Gasteiger partial charge on any atom is -0.508 e. The zero-order chi connectivity index (χ0) is 50.5. The summed E-state index contributed by atoms with van der Waals surface area (Å²) in [7, 11) is 1.49. The Kier molecular flexibility index (Phi) is 18.2. The first-order chi connectivity index (χ1) is 32.9. The fourth-order valence-corrected chi connectivity index (χ4v) is 8.28. The van der Waals surface area contributed by atoms with Crippen LogP contribution in [0.1, 0.15) is 129 Å². The van der Waals surface area contributed by atoms with E-state index < -0.39 is 23.9 Å². The number of rotatable bonds is 16. The number of phenolic OH excluding ortho intramolecular Hbond substituents is 2. The number of hydrogen-bond donors (Lipinski definition) is 5. The van der Waals surface area contributed by atoms with Crippen LogP contribution in [0.2, 0.25) is 0 Å². The highest BCUT2D eigenvalue weighted by Gasteiger charge is 2.40. The third-order valence-corrected chi connectivity index (χ3v) is 11.9. The number of amides is 5. The Bertz CT molecular complexity index is 2610. The van der Waals surface area contributed by atoms with Crippen molar-refractivity contribution in [2.24, 2.45) is 4.99 Å². The summed E-state index contributed by atoms with van der Waals surface area (Å²) in [4.78, 5) is 83.6. The van der Waals surface area contributed by atoms with Gasteiger partial charge in [-0.15, -0.1) is 0 Å². The second-order valence-electron chi connectivity index (χ2n) is 17.3. The number of aromatic hydroxyl groups is 2. The van der Waals surface area contributed by atoms with Crippen LogP contribution in [0, 0.1) is 6.92 Å². The first-order valence-corrected chi connectivity index (χ1v) is 23.5. The number of piperidine rings is 1. The van der Waals surface area contributed by atoms with Crippen molar-refractivity contribution in [1.29, 1.82) is 0 Å². The molecule has 0 aromatic heterocycles. The number of anilines is 3. The van der Waals surface area contributed by atoms with Gasteiger partial charge in [-0.25, -0.2) is 4.79 Å². The van der Waals surface area contributed by atoms with Crippen molar-refractivity contribution < 1.29 is 43.7 Å². The topological polar surface area (TPSA) is 210 Å². The molecule has 2 aliphatic rings. The van der Waals surface area contributed by atoms with Gasteiger partial charge < -0.3 is 30.1 Å². The Morgan fingerprint density at radius 2 is 1.64 bits per heavy atom. The molecule has 0 aliphatic carbocycles. The number of benzene rings is 4. The molecule has 4 aromatic carbocycles. The fraction of sp³-hybridized carbons (Fsp3) is 0.377. The number of nitrogens with one attached hydrogen (secondary N) is 3. The van der Waals surface area contributed by atoms with E-state index in [4.69, 9.17) is 4.74 Å². The van der Waals surface area contributed by atoms with Crippen LogP contribution >= 0.6 is 0 Å². The molecule has 2 heterocycles. The molecule has 1 atom stereocenters. The second-order valence-corrected chi connectivity index (χ2v) is 17.3. The Hall–Kier alpha value is -7.49. The summed E-state index contributed by atoms with van der Waals surface area (Å²) < 4.78 is 5.63. The summed E-state index contributed by atoms with van der Waals surface area (Å²) in [6.45, 7) is 20.0. The smallest absolute Gasteiger partial charge is 0.417 e. The van der Waals surface area contributed by atoms with Crippen molar-refractivity contribution in [1.82, 2.24) is 15.5 Å². The highest BCUT2D eigenvalue weighted by atomic mass is 16.6. The maximum Gasteiger partial charge on any atom is 0.417 e. The predicted octanol–water partition coefficient (Wildman–Crippen LogP) is 8.84. The molecule has 16 heteroatoms. The Morgan fingerprint density at radius 1 is 0.928 bits per heavy atom. The average molecular weight is 944 g/mol. The van der Waals surface area contributed by atoms with Crippen molar-refractivity contribution in [2.75, 3.05) is 41.8 Å². The molecule has 1 saturated heterocycles. The van der Waals surface area contributed by atoms with Crippen LogP contribution in [0.3, 0.4) is 0 Å². The summed E-state index contributed by atoms with van der Waals surface area (Å²) in [5.74, 6) is -1.26. The van der Waals surface area contributed by atoms with Crippen LogP contribution in [-0.2, 0) is 20.9 Å². The number of fused-ring (bicyclic) bond motifs is 1. The summed E-state index contributed by atoms with van der Waals surface area (Å²) in [6.07, 6.45) is 4.36. The number of carbonyl (C=O) groups excluding carboxylic acids is 6. The molecule has 2 aliphatic heterocycles. The highest BCUT2D eigenvalue weighted by Crippen LogP contribution is 2.38. The number of carbonyl (C=O) groups is 6. The van der Waals surface area contributed by atoms with Crippen molar-refractivity contribution >= 4 is 64.1 Å². The number of ether oxygens (including phenoxy) is 1. The summed E-state index contributed by atoms with van der Waals surface area (Å²) in [5.41, 5.74) is 5.80. The lowest BCUT2D eigenvalue weighted by molar-refractivity contribution is -0.137. The minimum absolute atomic E-state index is 0.00171. The van der Waals surface area contributed by atoms with Crippen molar-refractivity contribution in [3.63, 3.8) is 0 Å². The molecule has 4 aromatic rings. The second kappa shape index (κ2) is 24.0. The molecule has 16 nitrogen and oxygen atoms in total. The van der Waals surface area contributed by atoms with Crippen LogP contribution in [0.5, 0.6) is 17.2 Å². The Morgan fingerprint density at radius 3 is 2.25 bits per heavy atom. The van der Waals surface area contributed by atoms with Gasteiger partial charge in [0.1, 0.15) is 23.3 Å². The molecule has 0 bridgehead atoms. The average Bonchev–Trinajstić information content (AvgIpc) is 3.64. The van der Waals surface area contributed by atoms with E-state index in [0.29, 0.717) is 57.2 Å². The Balaban J connectivity index is 0.000000263. The fourth-order valence-electron chi connectivity index (χ4n) is 8.28. The van der Waals surface area contributed by atoms with Gasteiger partial charge in [0.05, 0.1) is 5.70 Å². The van der Waals surface area contributed by atoms with Crippen molar-refractivity contribution in [3.05, 3.63) is 113 Å². The number of likely N-dealkylation sites (N-methyl/N-ethyl adjacent to an activating group) is 1. The summed E-state index contributed by atoms with van der Waals surface area (Å²) in [5, 5.41) is 28.5. The normalized spacial score (nSPS) is 14.3. The van der Waals surface area contributed by atoms with Gasteiger partial charge in [0, 0.05) is 85.0 Å². The number of hydrogen-bond acceptors (Lipinski definition) is 11. The number of amidine groups is 1. The lowest BCUT2D eigenvalue weighted by atomic mass is 9.97. The first-order valence-electron chi connectivity index (χ1n) is 23.5. The van der Waals surface area contributed by atoms with Gasteiger partial charge in [0.2, 0.25) is 11.8 Å². The molecule has 0 saturated carbocycles. The third-order valence-electron chi connectivity index (χ3n) is 11.9. The van der Waals surface area contributed by atoms with Gasteiger partial charge in [-0.2, -0.15) is 0 Å². The molecule has 5 amide bonds. The van der Waals surface area contributed by atoms with Crippen LogP contribution in [0.25, 0.3) is 5.70 Å². The zero-order valence-corrected chi connectivity index (χ0v) is 40.9. The van der Waals surface area contributed by atoms with Gasteiger partial charge in [-0.3, -0.25) is 44.5 Å². The van der Waals surface area contributed by atoms with E-state index >= 15 is 0 Å². The summed E-state index contributed by atoms with van der Waals surface area (Å²) >= 11 is 0. The first kappa shape index (κ1) is 52.5. The van der Waals surface area contributed by atoms with Gasteiger partial charge in [0.25, 0.3) is 11.8 Å². The van der Waals surface area contributed by atoms with Crippen LogP contribution in [0.4, 0.5) is 21.9 Å². The quantitative estimate of drug-likeness (QED) is 0.0236. The standard InChI is InChI=1S/C29H36N4O5.C24H29N3O4/c1-4-6-7-16-32(15-5-2)20-11-13-25(19(3)17-20)38-29(37)30-23-10-8-9-21-22(23)18-33(28(21)36)24-12-14-26(34)31-27(24)35;1-7-26-24(31)23(25-6)27(18-10-8-17(9-11-18)16(5)28)15(4)20-12-19(14(2)3)21(29)13-22(20)30/h8-11,13,17,24H,4-7,12,14-16,18H2,1-3H3,(H,30,37)(H,31,34,35);8-14,29-30H,4,7H2,1-3,5-6H3,(H,26,31). The monoisotopic (exact) mass is 943 g/mol. The van der Waals surface area contributed by atoms with E-state index in [1.807, 2.05) is 39.0 Å². The van der Waals surface area contributed by atoms with E-state index in [9.17, 15) is 39.0 Å². The SMILES string of the molecule is C=C(c1cc(C(C)C)c(O)cc1O)N(C(=NC)C(=O)NCC)c1ccc(C(C)=O)cc1.CCCCCN(CCC)c1ccc(OC(=O)Nc2cccc3c2CN(C2CCC(=O)NC2=O)C3=O)c(C)c1. The number of phenols is 2. The molecule has 5 N–H and O–H groups in total. The van der Waals surface area contributed by atoms with E-state index in [-0.39, 0.29) is 60.2 Å². The van der Waals surface area contributed by atoms with Gasteiger partial charge in [-0.1, -0.05) is 53.2 Å². The number of nitrogens with zero attached hydrogens (tertiary/aromatic N) is 4. The number of aryl methyl sites for hydroxylation is 1. The van der Waals surface area contributed by atoms with Crippen molar-refractivity contribution in [3.8, 4) is 17.2 Å². The number of ketones is 1. The third kappa shape index (κ3) is 12.7. The predicted molar refractivity (Wildman–Crippen MR) is 269 cm³/mol. The number of aliphatic imine (C=N–C) groups is 1. The van der Waals surface area contributed by atoms with E-state index in [0.717, 1.165) is 37.2 Å². The summed E-state index contributed by atoms with van der Waals surface area (Å²) in [6, 6.07) is 19.8. The number of unbranched alkanes of at least 4 members (excludes halogenated alkanes) is 2. The van der Waals surface area contributed by atoms with Crippen LogP contribution in [-0.4, -0.2) is 89.2 Å². The molecule has 0 radical (unpaired) electrons.